The van der Waals surface area contributed by atoms with E-state index in [2.05, 4.69) is 5.32 Å². The molecule has 5 nitrogen and oxygen atoms in total. The minimum absolute atomic E-state index is 0.0448. The fraction of sp³-hybridized carbons (Fsp3) is 0.235. The molecular weight excluding hydrogens is 372 g/mol. The van der Waals surface area contributed by atoms with Crippen LogP contribution in [0.4, 0.5) is 4.39 Å². The van der Waals surface area contributed by atoms with Crippen molar-refractivity contribution in [2.45, 2.75) is 6.10 Å². The van der Waals surface area contributed by atoms with Crippen LogP contribution in [0, 0.1) is 5.82 Å². The van der Waals surface area contributed by atoms with Crippen molar-refractivity contribution in [3.8, 4) is 11.5 Å². The van der Waals surface area contributed by atoms with E-state index in [0.29, 0.717) is 10.8 Å². The number of rotatable bonds is 7. The van der Waals surface area contributed by atoms with Gasteiger partial charge >= 0.3 is 0 Å². The first kappa shape index (κ1) is 19.3. The molecular formula is C17H16Cl2FNO4. The van der Waals surface area contributed by atoms with Crippen LogP contribution in [0.3, 0.4) is 0 Å². The maximum Gasteiger partial charge on any atom is 0.251 e. The highest BCUT2D eigenvalue weighted by Crippen LogP contribution is 2.31. The van der Waals surface area contributed by atoms with E-state index in [9.17, 15) is 14.3 Å². The predicted octanol–water partition coefficient (Wildman–Crippen LogP) is 3.31. The van der Waals surface area contributed by atoms with Gasteiger partial charge in [-0.25, -0.2) is 4.39 Å². The molecule has 1 atom stereocenters. The second-order valence-electron chi connectivity index (χ2n) is 5.08. The Morgan fingerprint density at radius 3 is 2.72 bits per heavy atom. The molecule has 0 radical (unpaired) electrons. The summed E-state index contributed by atoms with van der Waals surface area (Å²) in [5.74, 6) is -0.795. The number of methoxy groups -OCH3 is 1. The van der Waals surface area contributed by atoms with Gasteiger partial charge in [0.2, 0.25) is 0 Å². The molecule has 25 heavy (non-hydrogen) atoms. The number of aliphatic hydroxyl groups is 1. The minimum atomic E-state index is -0.984. The lowest BCUT2D eigenvalue weighted by Gasteiger charge is -2.14. The lowest BCUT2D eigenvalue weighted by Crippen LogP contribution is -2.35. The predicted molar refractivity (Wildman–Crippen MR) is 93.2 cm³/mol. The fourth-order valence-corrected chi connectivity index (χ4v) is 2.31. The van der Waals surface area contributed by atoms with E-state index in [1.807, 2.05) is 0 Å². The zero-order valence-electron chi connectivity index (χ0n) is 13.3. The molecule has 0 spiro atoms. The summed E-state index contributed by atoms with van der Waals surface area (Å²) in [6.45, 7) is -0.179. The molecule has 1 amide bonds. The van der Waals surface area contributed by atoms with Crippen LogP contribution in [0.25, 0.3) is 0 Å². The van der Waals surface area contributed by atoms with Crippen molar-refractivity contribution in [1.29, 1.82) is 0 Å². The molecule has 0 bridgehead atoms. The van der Waals surface area contributed by atoms with Gasteiger partial charge in [0.1, 0.15) is 23.5 Å². The Morgan fingerprint density at radius 2 is 2.04 bits per heavy atom. The molecule has 2 N–H and O–H groups in total. The molecule has 0 aliphatic carbocycles. The molecule has 2 rings (SSSR count). The van der Waals surface area contributed by atoms with Gasteiger partial charge in [-0.15, -0.1) is 0 Å². The molecule has 8 heteroatoms. The first-order valence-electron chi connectivity index (χ1n) is 7.29. The number of aliphatic hydroxyl groups excluding tert-OH is 1. The van der Waals surface area contributed by atoms with Crippen LogP contribution < -0.4 is 14.8 Å². The highest BCUT2D eigenvalue weighted by molar-refractivity contribution is 6.42. The molecule has 134 valence electrons. The van der Waals surface area contributed by atoms with Crippen molar-refractivity contribution in [1.82, 2.24) is 5.32 Å². The number of halogens is 3. The number of hydrogen-bond donors (Lipinski definition) is 2. The summed E-state index contributed by atoms with van der Waals surface area (Å²) in [5.41, 5.74) is 0.115. The monoisotopic (exact) mass is 387 g/mol. The zero-order valence-corrected chi connectivity index (χ0v) is 14.8. The van der Waals surface area contributed by atoms with Crippen molar-refractivity contribution in [3.63, 3.8) is 0 Å². The van der Waals surface area contributed by atoms with Gasteiger partial charge in [0.15, 0.2) is 11.6 Å². The molecule has 0 heterocycles. The summed E-state index contributed by atoms with van der Waals surface area (Å²) in [5, 5.41) is 13.0. The van der Waals surface area contributed by atoms with Crippen LogP contribution in [0.15, 0.2) is 36.4 Å². The lowest BCUT2D eigenvalue weighted by atomic mass is 10.2. The van der Waals surface area contributed by atoms with Gasteiger partial charge in [0, 0.05) is 12.1 Å². The number of ether oxygens (including phenoxy) is 2. The second-order valence-corrected chi connectivity index (χ2v) is 5.86. The van der Waals surface area contributed by atoms with Crippen LogP contribution in [0.2, 0.25) is 10.0 Å². The van der Waals surface area contributed by atoms with E-state index in [4.69, 9.17) is 32.7 Å². The van der Waals surface area contributed by atoms with Crippen molar-refractivity contribution in [3.05, 3.63) is 57.8 Å². The molecule has 2 aromatic rings. The molecule has 0 aliphatic rings. The number of nitrogens with one attached hydrogen (secondary N) is 1. The number of benzene rings is 2. The van der Waals surface area contributed by atoms with Gasteiger partial charge in [-0.05, 0) is 30.3 Å². The van der Waals surface area contributed by atoms with Crippen molar-refractivity contribution in [2.24, 2.45) is 0 Å². The Balaban J connectivity index is 1.85. The van der Waals surface area contributed by atoms with E-state index >= 15 is 0 Å². The second kappa shape index (κ2) is 8.89. The third-order valence-electron chi connectivity index (χ3n) is 3.26. The Kier molecular flexibility index (Phi) is 6.87. The number of amides is 1. The highest BCUT2D eigenvalue weighted by Gasteiger charge is 2.13. The minimum Gasteiger partial charge on any atom is -0.494 e. The van der Waals surface area contributed by atoms with E-state index in [0.717, 1.165) is 6.07 Å². The van der Waals surface area contributed by atoms with Crippen molar-refractivity contribution in [2.75, 3.05) is 20.3 Å². The molecule has 0 aliphatic heterocycles. The van der Waals surface area contributed by atoms with Gasteiger partial charge in [0.05, 0.1) is 12.1 Å². The van der Waals surface area contributed by atoms with Crippen LogP contribution in [-0.2, 0) is 0 Å². The van der Waals surface area contributed by atoms with E-state index < -0.39 is 17.8 Å². The van der Waals surface area contributed by atoms with Gasteiger partial charge in [-0.3, -0.25) is 4.79 Å². The first-order valence-corrected chi connectivity index (χ1v) is 8.04. The van der Waals surface area contributed by atoms with E-state index in [1.165, 1.54) is 19.2 Å². The number of carbonyl (C=O) groups is 1. The van der Waals surface area contributed by atoms with Gasteiger partial charge < -0.3 is 19.9 Å². The van der Waals surface area contributed by atoms with Crippen molar-refractivity contribution < 1.29 is 23.8 Å². The molecule has 0 saturated carbocycles. The molecule has 1 unspecified atom stereocenters. The summed E-state index contributed by atoms with van der Waals surface area (Å²) in [7, 11) is 1.33. The topological polar surface area (TPSA) is 67.8 Å². The van der Waals surface area contributed by atoms with E-state index in [1.54, 1.807) is 18.2 Å². The maximum absolute atomic E-state index is 13.6. The smallest absolute Gasteiger partial charge is 0.251 e. The average Bonchev–Trinajstić information content (AvgIpc) is 2.60. The molecule has 0 aromatic heterocycles. The van der Waals surface area contributed by atoms with Crippen molar-refractivity contribution >= 4 is 29.1 Å². The van der Waals surface area contributed by atoms with Crippen LogP contribution >= 0.6 is 23.2 Å². The summed E-state index contributed by atoms with van der Waals surface area (Å²) in [4.78, 5) is 12.0. The molecule has 0 fully saturated rings. The van der Waals surface area contributed by atoms with Gasteiger partial charge in [0.25, 0.3) is 5.91 Å². The number of carbonyl (C=O) groups excluding carboxylic acids is 1. The van der Waals surface area contributed by atoms with Gasteiger partial charge in [-0.2, -0.15) is 0 Å². The molecule has 2 aromatic carbocycles. The zero-order chi connectivity index (χ0) is 18.4. The normalized spacial score (nSPS) is 11.7. The largest absolute Gasteiger partial charge is 0.494 e. The lowest BCUT2D eigenvalue weighted by molar-refractivity contribution is 0.0843. The molecule has 0 saturated heterocycles. The highest BCUT2D eigenvalue weighted by atomic mass is 35.5. The van der Waals surface area contributed by atoms with Crippen LogP contribution in [-0.4, -0.2) is 37.4 Å². The quantitative estimate of drug-likeness (QED) is 0.764. The van der Waals surface area contributed by atoms with E-state index in [-0.39, 0.29) is 29.5 Å². The van der Waals surface area contributed by atoms with Crippen LogP contribution in [0.1, 0.15) is 10.4 Å². The maximum atomic E-state index is 13.6. The fourth-order valence-electron chi connectivity index (χ4n) is 1.96. The summed E-state index contributed by atoms with van der Waals surface area (Å²) < 4.78 is 23.7. The third-order valence-corrected chi connectivity index (χ3v) is 4.06. The summed E-state index contributed by atoms with van der Waals surface area (Å²) >= 11 is 11.8. The third kappa shape index (κ3) is 5.22. The van der Waals surface area contributed by atoms with Gasteiger partial charge in [-0.1, -0.05) is 29.3 Å². The number of hydrogen-bond acceptors (Lipinski definition) is 4. The summed E-state index contributed by atoms with van der Waals surface area (Å²) in [6.07, 6.45) is -0.984. The SMILES string of the molecule is COc1ccc(C(=O)NCC(O)COc2cccc(Cl)c2Cl)cc1F. The Labute approximate surface area is 154 Å². The Hall–Kier alpha value is -2.02. The Bertz CT molecular complexity index is 757. The van der Waals surface area contributed by atoms with Crippen LogP contribution in [0.5, 0.6) is 11.5 Å². The standard InChI is InChI=1S/C17H16Cl2FNO4/c1-24-14-6-5-10(7-13(14)20)17(23)21-8-11(22)9-25-15-4-2-3-12(18)16(15)19/h2-7,11,22H,8-9H2,1H3,(H,21,23). The Morgan fingerprint density at radius 1 is 1.28 bits per heavy atom. The first-order chi connectivity index (χ1) is 11.9. The summed E-state index contributed by atoms with van der Waals surface area (Å²) in [6, 6.07) is 8.72. The average molecular weight is 388 g/mol.